The zero-order valence-corrected chi connectivity index (χ0v) is 6.19. The maximum atomic E-state index is 9.99. The number of ether oxygens (including phenoxy) is 1. The van der Waals surface area contributed by atoms with Gasteiger partial charge in [0.2, 0.25) is 0 Å². The summed E-state index contributed by atoms with van der Waals surface area (Å²) >= 11 is 0. The SMILES string of the molecule is C=C(/C=C\C(=C)[N+](=O)[O-])OC#N. The topological polar surface area (TPSA) is 76.2 Å². The Kier molecular flexibility index (Phi) is 3.87. The summed E-state index contributed by atoms with van der Waals surface area (Å²) in [6.07, 6.45) is 3.66. The van der Waals surface area contributed by atoms with Crippen molar-refractivity contribution in [1.82, 2.24) is 0 Å². The average Bonchev–Trinajstić information content (AvgIpc) is 2.00. The van der Waals surface area contributed by atoms with Gasteiger partial charge >= 0.3 is 0 Å². The van der Waals surface area contributed by atoms with Gasteiger partial charge in [-0.05, 0) is 12.7 Å². The first-order valence-corrected chi connectivity index (χ1v) is 2.84. The van der Waals surface area contributed by atoms with Crippen molar-refractivity contribution < 1.29 is 9.66 Å². The summed E-state index contributed by atoms with van der Waals surface area (Å²) in [5.74, 6) is 0.0282. The van der Waals surface area contributed by atoms with E-state index in [1.807, 2.05) is 0 Å². The molecule has 0 aliphatic rings. The lowest BCUT2D eigenvalue weighted by atomic mass is 10.4. The van der Waals surface area contributed by atoms with E-state index in [0.717, 1.165) is 6.08 Å². The Morgan fingerprint density at radius 3 is 2.58 bits per heavy atom. The highest BCUT2D eigenvalue weighted by molar-refractivity contribution is 5.16. The lowest BCUT2D eigenvalue weighted by molar-refractivity contribution is -0.418. The van der Waals surface area contributed by atoms with Crippen molar-refractivity contribution in [2.45, 2.75) is 0 Å². The molecule has 0 heterocycles. The van der Waals surface area contributed by atoms with Crippen LogP contribution in [-0.4, -0.2) is 4.92 Å². The van der Waals surface area contributed by atoms with Gasteiger partial charge in [-0.25, -0.2) is 0 Å². The quantitative estimate of drug-likeness (QED) is 0.207. The summed E-state index contributed by atoms with van der Waals surface area (Å²) in [4.78, 5) is 9.33. The van der Waals surface area contributed by atoms with E-state index in [1.165, 1.54) is 12.3 Å². The minimum atomic E-state index is -0.657. The summed E-state index contributed by atoms with van der Waals surface area (Å²) in [5, 5.41) is 18.0. The molecule has 0 bridgehead atoms. The maximum absolute atomic E-state index is 9.99. The Morgan fingerprint density at radius 1 is 1.58 bits per heavy atom. The highest BCUT2D eigenvalue weighted by atomic mass is 16.6. The lowest BCUT2D eigenvalue weighted by Crippen LogP contribution is -1.92. The van der Waals surface area contributed by atoms with E-state index >= 15 is 0 Å². The van der Waals surface area contributed by atoms with Crippen LogP contribution in [0.3, 0.4) is 0 Å². The fourth-order valence-electron chi connectivity index (χ4n) is 0.343. The molecule has 0 rings (SSSR count). The number of rotatable bonds is 4. The minimum Gasteiger partial charge on any atom is -0.389 e. The van der Waals surface area contributed by atoms with E-state index in [4.69, 9.17) is 5.26 Å². The van der Waals surface area contributed by atoms with E-state index in [0.29, 0.717) is 0 Å². The molecule has 0 aromatic carbocycles. The van der Waals surface area contributed by atoms with Crippen LogP contribution in [0.4, 0.5) is 0 Å². The van der Waals surface area contributed by atoms with E-state index < -0.39 is 4.92 Å². The second kappa shape index (κ2) is 4.68. The van der Waals surface area contributed by atoms with Gasteiger partial charge < -0.3 is 4.74 Å². The third kappa shape index (κ3) is 3.85. The van der Waals surface area contributed by atoms with E-state index in [2.05, 4.69) is 17.9 Å². The molecular weight excluding hydrogens is 160 g/mol. The normalized spacial score (nSPS) is 8.92. The Balaban J connectivity index is 4.09. The molecule has 0 amide bonds. The molecule has 0 saturated carbocycles. The molecule has 0 aromatic heterocycles. The minimum absolute atomic E-state index is 0.0282. The predicted octanol–water partition coefficient (Wildman–Crippen LogP) is 1.34. The van der Waals surface area contributed by atoms with Gasteiger partial charge in [0.1, 0.15) is 5.76 Å². The van der Waals surface area contributed by atoms with Gasteiger partial charge in [0.15, 0.2) is 0 Å². The van der Waals surface area contributed by atoms with Crippen molar-refractivity contribution in [3.8, 4) is 6.26 Å². The second-order valence-electron chi connectivity index (χ2n) is 1.74. The van der Waals surface area contributed by atoms with Gasteiger partial charge in [-0.1, -0.05) is 6.58 Å². The molecule has 0 atom stereocenters. The summed E-state index contributed by atoms with van der Waals surface area (Å²) in [7, 11) is 0. The molecule has 0 unspecified atom stereocenters. The Hall–Kier alpha value is -2.09. The van der Waals surface area contributed by atoms with Crippen LogP contribution in [0.1, 0.15) is 0 Å². The highest BCUT2D eigenvalue weighted by Gasteiger charge is 1.99. The largest absolute Gasteiger partial charge is 0.389 e. The summed E-state index contributed by atoms with van der Waals surface area (Å²) in [6, 6.07) is 0. The van der Waals surface area contributed by atoms with Crippen LogP contribution < -0.4 is 0 Å². The monoisotopic (exact) mass is 166 g/mol. The zero-order chi connectivity index (χ0) is 9.56. The molecule has 0 aliphatic carbocycles. The first kappa shape index (κ1) is 9.91. The third-order valence-corrected chi connectivity index (χ3v) is 0.873. The molecule has 0 aliphatic heterocycles. The number of nitriles is 1. The van der Waals surface area contributed by atoms with Crippen LogP contribution in [0, 0.1) is 21.6 Å². The number of hydrogen-bond donors (Lipinski definition) is 0. The van der Waals surface area contributed by atoms with Crippen LogP contribution in [-0.2, 0) is 4.74 Å². The Bertz CT molecular complexity index is 286. The number of nitro groups is 1. The van der Waals surface area contributed by atoms with Gasteiger partial charge in [0.25, 0.3) is 12.0 Å². The van der Waals surface area contributed by atoms with Crippen LogP contribution in [0.5, 0.6) is 0 Å². The van der Waals surface area contributed by atoms with Gasteiger partial charge in [0.05, 0.1) is 4.92 Å². The Labute approximate surface area is 69.0 Å². The molecule has 0 saturated heterocycles. The smallest absolute Gasteiger partial charge is 0.292 e. The lowest BCUT2D eigenvalue weighted by Gasteiger charge is -1.90. The van der Waals surface area contributed by atoms with Crippen LogP contribution >= 0.6 is 0 Å². The van der Waals surface area contributed by atoms with E-state index in [1.54, 1.807) is 0 Å². The molecule has 0 radical (unpaired) electrons. The molecule has 5 nitrogen and oxygen atoms in total. The number of hydrogen-bond acceptors (Lipinski definition) is 4. The fraction of sp³-hybridized carbons (Fsp3) is 0. The van der Waals surface area contributed by atoms with Crippen molar-refractivity contribution in [2.24, 2.45) is 0 Å². The summed E-state index contributed by atoms with van der Waals surface area (Å²) < 4.78 is 4.23. The number of allylic oxidation sites excluding steroid dienone is 2. The average molecular weight is 166 g/mol. The van der Waals surface area contributed by atoms with Crippen LogP contribution in [0.25, 0.3) is 0 Å². The zero-order valence-electron chi connectivity index (χ0n) is 6.19. The van der Waals surface area contributed by atoms with E-state index in [9.17, 15) is 10.1 Å². The molecule has 0 fully saturated rings. The maximum Gasteiger partial charge on any atom is 0.292 e. The first-order chi connectivity index (χ1) is 5.57. The molecule has 0 N–H and O–H groups in total. The summed E-state index contributed by atoms with van der Waals surface area (Å²) in [5.41, 5.74) is -0.294. The third-order valence-electron chi connectivity index (χ3n) is 0.873. The molecule has 62 valence electrons. The van der Waals surface area contributed by atoms with Crippen molar-refractivity contribution >= 4 is 0 Å². The highest BCUT2D eigenvalue weighted by Crippen LogP contribution is 1.99. The molecule has 5 heteroatoms. The van der Waals surface area contributed by atoms with Crippen molar-refractivity contribution in [1.29, 1.82) is 5.26 Å². The standard InChI is InChI=1S/C7H6N2O3/c1-6(9(10)11)3-4-7(2)12-5-8/h3-4H,1-2H2/b4-3-. The molecular formula is C7H6N2O3. The molecule has 0 spiro atoms. The Morgan fingerprint density at radius 2 is 2.17 bits per heavy atom. The second-order valence-corrected chi connectivity index (χ2v) is 1.74. The number of nitrogens with zero attached hydrogens (tertiary/aromatic N) is 2. The van der Waals surface area contributed by atoms with Gasteiger partial charge in [0, 0.05) is 6.08 Å². The summed E-state index contributed by atoms with van der Waals surface area (Å²) in [6.45, 7) is 6.40. The fourth-order valence-corrected chi connectivity index (χ4v) is 0.343. The molecule has 12 heavy (non-hydrogen) atoms. The van der Waals surface area contributed by atoms with Gasteiger partial charge in [-0.3, -0.25) is 10.1 Å². The van der Waals surface area contributed by atoms with Crippen molar-refractivity contribution in [3.63, 3.8) is 0 Å². The van der Waals surface area contributed by atoms with Crippen molar-refractivity contribution in [2.75, 3.05) is 0 Å². The first-order valence-electron chi connectivity index (χ1n) is 2.84. The van der Waals surface area contributed by atoms with Gasteiger partial charge in [-0.15, -0.1) is 5.26 Å². The van der Waals surface area contributed by atoms with Crippen LogP contribution in [0.15, 0.2) is 36.8 Å². The van der Waals surface area contributed by atoms with Crippen molar-refractivity contribution in [3.05, 3.63) is 46.9 Å². The predicted molar refractivity (Wildman–Crippen MR) is 41.1 cm³/mol. The molecule has 0 aromatic rings. The van der Waals surface area contributed by atoms with Gasteiger partial charge in [-0.2, -0.15) is 0 Å². The van der Waals surface area contributed by atoms with Crippen LogP contribution in [0.2, 0.25) is 0 Å². The van der Waals surface area contributed by atoms with E-state index in [-0.39, 0.29) is 11.5 Å².